The van der Waals surface area contributed by atoms with Crippen molar-refractivity contribution < 1.29 is 37.4 Å². The normalized spacial score (nSPS) is 27.6. The first kappa shape index (κ1) is 19.4. The maximum absolute atomic E-state index is 14.2. The van der Waals surface area contributed by atoms with Crippen LogP contribution in [0.1, 0.15) is 13.2 Å². The molecule has 2 heterocycles. The average molecular weight is 384 g/mol. The third kappa shape index (κ3) is 4.19. The number of hydrogen-bond donors (Lipinski definition) is 4. The smallest absolute Gasteiger partial charge is 0.384 e. The summed E-state index contributed by atoms with van der Waals surface area (Å²) in [4.78, 5) is 35.0. The van der Waals surface area contributed by atoms with Crippen molar-refractivity contribution in [2.45, 2.75) is 31.3 Å². The molecule has 1 aromatic rings. The fraction of sp³-hybridized carbons (Fsp3) is 0.545. The number of amides is 1. The van der Waals surface area contributed by atoms with Gasteiger partial charge in [-0.15, -0.1) is 0 Å². The number of nitrogens with one attached hydrogen (secondary N) is 1. The van der Waals surface area contributed by atoms with Crippen LogP contribution in [0.2, 0.25) is 0 Å². The van der Waals surface area contributed by atoms with E-state index in [9.17, 15) is 32.9 Å². The Morgan fingerprint density at radius 3 is 2.84 bits per heavy atom. The summed E-state index contributed by atoms with van der Waals surface area (Å²) in [6, 6.07) is 1.08. The molecule has 0 radical (unpaired) electrons. The summed E-state index contributed by atoms with van der Waals surface area (Å²) >= 11 is 0. The monoisotopic (exact) mass is 384 g/mol. The molecule has 1 amide bonds. The Balaban J connectivity index is 2.17. The molecule has 4 atom stereocenters. The van der Waals surface area contributed by atoms with E-state index in [4.69, 9.17) is 10.5 Å². The molecule has 2 rings (SSSR count). The third-order valence-corrected chi connectivity index (χ3v) is 4.29. The molecule has 0 saturated carbocycles. The van der Waals surface area contributed by atoms with E-state index in [1.807, 2.05) is 0 Å². The number of rotatable bonds is 5. The number of nitrogens with zero attached hydrogens (tertiary/aromatic N) is 2. The maximum Gasteiger partial charge on any atom is 0.432 e. The van der Waals surface area contributed by atoms with Gasteiger partial charge in [-0.25, -0.2) is 9.36 Å². The topological polar surface area (TPSA) is 166 Å². The van der Waals surface area contributed by atoms with Crippen LogP contribution >= 0.6 is 7.75 Å². The number of hydrogen-bond acceptors (Lipinski definition) is 8. The Morgan fingerprint density at radius 1 is 1.64 bits per heavy atom. The van der Waals surface area contributed by atoms with Crippen molar-refractivity contribution in [2.24, 2.45) is 0 Å². The van der Waals surface area contributed by atoms with Crippen LogP contribution in [-0.4, -0.2) is 50.2 Å². The molecule has 1 fully saturated rings. The van der Waals surface area contributed by atoms with Gasteiger partial charge in [-0.1, -0.05) is 0 Å². The molecule has 140 valence electrons. The summed E-state index contributed by atoms with van der Waals surface area (Å²) in [7, 11) is -4.61. The lowest BCUT2D eigenvalue weighted by Crippen LogP contribution is -2.42. The second-order valence-corrected chi connectivity index (χ2v) is 6.70. The van der Waals surface area contributed by atoms with Gasteiger partial charge < -0.3 is 20.5 Å². The highest BCUT2D eigenvalue weighted by Gasteiger charge is 2.60. The summed E-state index contributed by atoms with van der Waals surface area (Å²) in [6.07, 6.45) is -5.51. The summed E-state index contributed by atoms with van der Waals surface area (Å²) in [5, 5.41) is 11.3. The van der Waals surface area contributed by atoms with Crippen LogP contribution in [0, 0.1) is 0 Å². The number of aromatic nitrogens is 2. The number of carbonyl (C=O) groups excluding carboxylic acids is 1. The number of alkyl halides is 2. The highest BCUT2D eigenvalue weighted by atomic mass is 31.2. The highest BCUT2D eigenvalue weighted by Crippen LogP contribution is 2.44. The van der Waals surface area contributed by atoms with Gasteiger partial charge in [-0.3, -0.25) is 19.0 Å². The van der Waals surface area contributed by atoms with Gasteiger partial charge in [0.05, 0.1) is 6.61 Å². The average Bonchev–Trinajstić information content (AvgIpc) is 2.67. The lowest BCUT2D eigenvalue weighted by atomic mass is 10.1. The van der Waals surface area contributed by atoms with E-state index in [0.29, 0.717) is 4.57 Å². The molecule has 1 aliphatic rings. The Bertz CT molecular complexity index is 773. The van der Waals surface area contributed by atoms with E-state index in [-0.39, 0.29) is 5.82 Å². The molecule has 0 bridgehead atoms. The van der Waals surface area contributed by atoms with Crippen molar-refractivity contribution in [3.8, 4) is 0 Å². The molecule has 0 spiro atoms. The van der Waals surface area contributed by atoms with Crippen molar-refractivity contribution >= 4 is 19.5 Å². The van der Waals surface area contributed by atoms with Gasteiger partial charge in [0, 0.05) is 13.1 Å². The van der Waals surface area contributed by atoms with Crippen LogP contribution in [0.15, 0.2) is 17.1 Å². The predicted molar refractivity (Wildman–Crippen MR) is 77.4 cm³/mol. The summed E-state index contributed by atoms with van der Waals surface area (Å²) in [6.45, 7) is -0.00365. The first-order valence-corrected chi connectivity index (χ1v) is 8.34. The summed E-state index contributed by atoms with van der Waals surface area (Å²) in [5.41, 5.74) is 4.13. The number of carbonyl (C=O) groups is 1. The van der Waals surface area contributed by atoms with E-state index in [1.54, 1.807) is 5.09 Å². The van der Waals surface area contributed by atoms with Crippen LogP contribution in [0.25, 0.3) is 0 Å². The number of halogens is 2. The Labute approximate surface area is 139 Å². The molecule has 1 unspecified atom stereocenters. The number of nitrogens with two attached hydrogens (primary N) is 1. The zero-order chi connectivity index (χ0) is 19.0. The second-order valence-electron chi connectivity index (χ2n) is 5.17. The van der Waals surface area contributed by atoms with Crippen LogP contribution in [0.3, 0.4) is 0 Å². The van der Waals surface area contributed by atoms with Gasteiger partial charge in [0.25, 0.3) is 0 Å². The molecule has 5 N–H and O–H groups in total. The molecule has 0 aliphatic carbocycles. The lowest BCUT2D eigenvalue weighted by Gasteiger charge is -2.20. The Morgan fingerprint density at radius 2 is 2.28 bits per heavy atom. The van der Waals surface area contributed by atoms with E-state index in [2.05, 4.69) is 9.51 Å². The number of aliphatic hydroxyl groups excluding tert-OH is 1. The quantitative estimate of drug-likeness (QED) is 0.464. The first-order valence-electron chi connectivity index (χ1n) is 6.76. The summed E-state index contributed by atoms with van der Waals surface area (Å²) in [5.74, 6) is -5.01. The molecule has 1 aromatic heterocycles. The second kappa shape index (κ2) is 6.77. The first-order chi connectivity index (χ1) is 11.4. The standard InChI is InChI=1S/C11H15F2N4O7P/c1-5(18)16-25(21,22)23-4-6-8(19)11(12,13)9(24-6)17-3-2-7(14)15-10(17)20/h2-3,6,8-9,19H,4H2,1H3,(H2,14,15,20)(H2,16,18,21,22)/t6-,8-,9-/m1/s1. The molecule has 11 nitrogen and oxygen atoms in total. The fourth-order valence-corrected chi connectivity index (χ4v) is 2.93. The molecule has 1 aliphatic heterocycles. The minimum Gasteiger partial charge on any atom is -0.384 e. The number of anilines is 1. The lowest BCUT2D eigenvalue weighted by molar-refractivity contribution is -0.140. The molecule has 25 heavy (non-hydrogen) atoms. The Kier molecular flexibility index (Phi) is 5.25. The fourth-order valence-electron chi connectivity index (χ4n) is 2.12. The van der Waals surface area contributed by atoms with Gasteiger partial charge in [-0.2, -0.15) is 13.8 Å². The largest absolute Gasteiger partial charge is 0.432 e. The van der Waals surface area contributed by atoms with Crippen molar-refractivity contribution in [3.05, 3.63) is 22.7 Å². The highest BCUT2D eigenvalue weighted by molar-refractivity contribution is 7.51. The number of aliphatic hydroxyl groups is 1. The minimum atomic E-state index is -4.61. The Hall–Kier alpha value is -1.92. The molecule has 0 aromatic carbocycles. The van der Waals surface area contributed by atoms with Crippen molar-refractivity contribution in [2.75, 3.05) is 12.3 Å². The zero-order valence-corrected chi connectivity index (χ0v) is 13.6. The molecule has 14 heteroatoms. The van der Waals surface area contributed by atoms with E-state index in [0.717, 1.165) is 19.2 Å². The molecular weight excluding hydrogens is 369 g/mol. The van der Waals surface area contributed by atoms with Crippen molar-refractivity contribution in [1.29, 1.82) is 0 Å². The van der Waals surface area contributed by atoms with E-state index in [1.165, 1.54) is 0 Å². The SMILES string of the molecule is CC(=O)NP(=O)(O)OC[C@H]1O[C@@H](n2ccc(N)nc2=O)C(F)(F)[C@@H]1O. The van der Waals surface area contributed by atoms with Crippen LogP contribution in [0.5, 0.6) is 0 Å². The van der Waals surface area contributed by atoms with Crippen LogP contribution in [-0.2, 0) is 18.6 Å². The summed E-state index contributed by atoms with van der Waals surface area (Å²) < 4.78 is 49.7. The number of nitrogen functional groups attached to an aromatic ring is 1. The van der Waals surface area contributed by atoms with Crippen LogP contribution in [0.4, 0.5) is 14.6 Å². The van der Waals surface area contributed by atoms with Gasteiger partial charge in [-0.05, 0) is 6.07 Å². The van der Waals surface area contributed by atoms with Crippen LogP contribution < -0.4 is 16.5 Å². The van der Waals surface area contributed by atoms with Crippen molar-refractivity contribution in [1.82, 2.24) is 14.6 Å². The van der Waals surface area contributed by atoms with E-state index < -0.39 is 50.3 Å². The van der Waals surface area contributed by atoms with Gasteiger partial charge in [0.15, 0.2) is 6.10 Å². The maximum atomic E-state index is 14.2. The molecular formula is C11H15F2N4O7P. The van der Waals surface area contributed by atoms with Gasteiger partial charge in [0.1, 0.15) is 11.9 Å². The van der Waals surface area contributed by atoms with Crippen molar-refractivity contribution in [3.63, 3.8) is 0 Å². The van der Waals surface area contributed by atoms with E-state index >= 15 is 0 Å². The molecule has 1 saturated heterocycles. The zero-order valence-electron chi connectivity index (χ0n) is 12.7. The predicted octanol–water partition coefficient (Wildman–Crippen LogP) is -1.03. The number of ether oxygens (including phenoxy) is 1. The minimum absolute atomic E-state index is 0.195. The van der Waals surface area contributed by atoms with Gasteiger partial charge in [0.2, 0.25) is 12.1 Å². The third-order valence-electron chi connectivity index (χ3n) is 3.20. The van der Waals surface area contributed by atoms with Gasteiger partial charge >= 0.3 is 19.4 Å².